The van der Waals surface area contributed by atoms with E-state index < -0.39 is 29.4 Å². The minimum atomic E-state index is -2.52. The van der Waals surface area contributed by atoms with Crippen LogP contribution < -0.4 is 11.1 Å². The third-order valence-corrected chi connectivity index (χ3v) is 4.35. The molecule has 0 aliphatic carbocycles. The molecular weight excluding hydrogens is 379 g/mol. The van der Waals surface area contributed by atoms with E-state index in [1.807, 2.05) is 0 Å². The van der Waals surface area contributed by atoms with E-state index in [2.05, 4.69) is 5.32 Å². The van der Waals surface area contributed by atoms with Crippen LogP contribution in [0.3, 0.4) is 0 Å². The van der Waals surface area contributed by atoms with Crippen molar-refractivity contribution < 1.29 is 22.8 Å². The molecule has 0 radical (unpaired) electrons. The molecule has 2 aromatic rings. The van der Waals surface area contributed by atoms with Crippen molar-refractivity contribution >= 4 is 29.3 Å². The minimum absolute atomic E-state index is 0.183. The quantitative estimate of drug-likeness (QED) is 0.671. The first kappa shape index (κ1) is 20.8. The third kappa shape index (κ3) is 6.30. The molecule has 0 saturated carbocycles. The number of thioether (sulfide) groups is 1. The van der Waals surface area contributed by atoms with E-state index in [-0.39, 0.29) is 6.54 Å². The predicted octanol–water partition coefficient (Wildman–Crippen LogP) is 3.24. The number of hydrogen-bond donors (Lipinski definition) is 2. The fraction of sp³-hybridized carbons (Fsp3) is 0.222. The second kappa shape index (κ2) is 9.43. The molecule has 144 valence electrons. The molecule has 0 spiro atoms. The van der Waals surface area contributed by atoms with Gasteiger partial charge in [-0.05, 0) is 49.0 Å². The van der Waals surface area contributed by atoms with Crippen LogP contribution in [-0.4, -0.2) is 36.1 Å². The van der Waals surface area contributed by atoms with Crippen LogP contribution in [0.1, 0.15) is 11.6 Å². The number of rotatable bonds is 8. The van der Waals surface area contributed by atoms with Gasteiger partial charge in [-0.15, -0.1) is 0 Å². The van der Waals surface area contributed by atoms with Gasteiger partial charge in [-0.3, -0.25) is 14.5 Å². The number of anilines is 1. The summed E-state index contributed by atoms with van der Waals surface area (Å²) in [5.41, 5.74) is 6.17. The smallest absolute Gasteiger partial charge is 0.288 e. The molecule has 1 atom stereocenters. The normalized spacial score (nSPS) is 12.2. The molecule has 0 aliphatic rings. The first-order valence-electron chi connectivity index (χ1n) is 7.86. The lowest BCUT2D eigenvalue weighted by molar-refractivity contribution is -0.124. The topological polar surface area (TPSA) is 75.4 Å². The van der Waals surface area contributed by atoms with Crippen LogP contribution in [0.15, 0.2) is 53.4 Å². The van der Waals surface area contributed by atoms with Gasteiger partial charge < -0.3 is 11.1 Å². The zero-order chi connectivity index (χ0) is 20.0. The van der Waals surface area contributed by atoms with Gasteiger partial charge in [0.1, 0.15) is 11.9 Å². The lowest BCUT2D eigenvalue weighted by atomic mass is 10.0. The highest BCUT2D eigenvalue weighted by molar-refractivity contribution is 7.99. The number of likely N-dealkylation sites (N-methyl/N-ethyl adjacent to an activating group) is 1. The zero-order valence-electron chi connectivity index (χ0n) is 14.4. The number of carbonyl (C=O) groups is 2. The van der Waals surface area contributed by atoms with Gasteiger partial charge in [0.05, 0.1) is 6.54 Å². The Morgan fingerprint density at radius 2 is 1.85 bits per heavy atom. The van der Waals surface area contributed by atoms with Crippen LogP contribution in [0, 0.1) is 5.82 Å². The SMILES string of the molecule is CN(CC(=O)Nc1ccc(SC(F)F)cc1)C(C(N)=O)c1cccc(F)c1. The molecule has 3 N–H and O–H groups in total. The Balaban J connectivity index is 2.01. The summed E-state index contributed by atoms with van der Waals surface area (Å²) in [5.74, 6) is -4.19. The van der Waals surface area contributed by atoms with E-state index in [1.165, 1.54) is 54.4 Å². The number of nitrogens with two attached hydrogens (primary N) is 1. The van der Waals surface area contributed by atoms with Gasteiger partial charge in [0.2, 0.25) is 11.8 Å². The number of nitrogens with zero attached hydrogens (tertiary/aromatic N) is 1. The average Bonchev–Trinajstić information content (AvgIpc) is 2.56. The van der Waals surface area contributed by atoms with Crippen molar-refractivity contribution in [3.05, 3.63) is 59.9 Å². The lowest BCUT2D eigenvalue weighted by Crippen LogP contribution is -2.39. The monoisotopic (exact) mass is 397 g/mol. The molecule has 2 aromatic carbocycles. The van der Waals surface area contributed by atoms with Crippen LogP contribution in [0.25, 0.3) is 0 Å². The van der Waals surface area contributed by atoms with Crippen molar-refractivity contribution in [1.29, 1.82) is 0 Å². The molecule has 9 heteroatoms. The molecular formula is C18H18F3N3O2S. The lowest BCUT2D eigenvalue weighted by Gasteiger charge is -2.25. The summed E-state index contributed by atoms with van der Waals surface area (Å²) in [5, 5.41) is 2.61. The van der Waals surface area contributed by atoms with Crippen molar-refractivity contribution in [3.8, 4) is 0 Å². The van der Waals surface area contributed by atoms with Crippen LogP contribution in [0.5, 0.6) is 0 Å². The predicted molar refractivity (Wildman–Crippen MR) is 97.9 cm³/mol. The maximum atomic E-state index is 13.4. The summed E-state index contributed by atoms with van der Waals surface area (Å²) in [6.07, 6.45) is 0. The highest BCUT2D eigenvalue weighted by Crippen LogP contribution is 2.26. The van der Waals surface area contributed by atoms with E-state index in [1.54, 1.807) is 6.07 Å². The van der Waals surface area contributed by atoms with Gasteiger partial charge >= 0.3 is 0 Å². The first-order chi connectivity index (χ1) is 12.8. The summed E-state index contributed by atoms with van der Waals surface area (Å²) < 4.78 is 38.0. The van der Waals surface area contributed by atoms with Crippen molar-refractivity contribution in [3.63, 3.8) is 0 Å². The molecule has 2 rings (SSSR count). The number of alkyl halides is 2. The molecule has 5 nitrogen and oxygen atoms in total. The van der Waals surface area contributed by atoms with Gasteiger partial charge in [-0.1, -0.05) is 23.9 Å². The maximum absolute atomic E-state index is 13.4. The summed E-state index contributed by atoms with van der Waals surface area (Å²) in [7, 11) is 1.52. The molecule has 0 bridgehead atoms. The van der Waals surface area contributed by atoms with E-state index in [0.717, 1.165) is 0 Å². The van der Waals surface area contributed by atoms with Crippen molar-refractivity contribution in [2.45, 2.75) is 16.7 Å². The van der Waals surface area contributed by atoms with Crippen molar-refractivity contribution in [2.75, 3.05) is 18.9 Å². The van der Waals surface area contributed by atoms with E-state index in [0.29, 0.717) is 27.9 Å². The third-order valence-electron chi connectivity index (χ3n) is 3.63. The van der Waals surface area contributed by atoms with Crippen LogP contribution in [-0.2, 0) is 9.59 Å². The van der Waals surface area contributed by atoms with Gasteiger partial charge in [-0.2, -0.15) is 8.78 Å². The Kier molecular flexibility index (Phi) is 7.26. The second-order valence-electron chi connectivity index (χ2n) is 5.73. The summed E-state index contributed by atoms with van der Waals surface area (Å²) in [6, 6.07) is 10.4. The molecule has 27 heavy (non-hydrogen) atoms. The molecule has 2 amide bonds. The number of benzene rings is 2. The largest absolute Gasteiger partial charge is 0.368 e. The summed E-state index contributed by atoms with van der Waals surface area (Å²) in [6.45, 7) is -0.183. The fourth-order valence-electron chi connectivity index (χ4n) is 2.55. The Hall–Kier alpha value is -2.52. The average molecular weight is 397 g/mol. The summed E-state index contributed by atoms with van der Waals surface area (Å²) >= 11 is 0.406. The molecule has 0 aromatic heterocycles. The number of carbonyl (C=O) groups excluding carboxylic acids is 2. The fourth-order valence-corrected chi connectivity index (χ4v) is 3.05. The van der Waals surface area contributed by atoms with E-state index in [9.17, 15) is 22.8 Å². The van der Waals surface area contributed by atoms with E-state index >= 15 is 0 Å². The number of amides is 2. The number of halogens is 3. The van der Waals surface area contributed by atoms with Crippen LogP contribution >= 0.6 is 11.8 Å². The van der Waals surface area contributed by atoms with Gasteiger partial charge in [0.15, 0.2) is 0 Å². The Morgan fingerprint density at radius 1 is 1.19 bits per heavy atom. The van der Waals surface area contributed by atoms with E-state index in [4.69, 9.17) is 5.73 Å². The Bertz CT molecular complexity index is 803. The van der Waals surface area contributed by atoms with Gasteiger partial charge in [0.25, 0.3) is 5.76 Å². The number of primary amides is 1. The van der Waals surface area contributed by atoms with Gasteiger partial charge in [0, 0.05) is 10.6 Å². The maximum Gasteiger partial charge on any atom is 0.288 e. The molecule has 0 aliphatic heterocycles. The zero-order valence-corrected chi connectivity index (χ0v) is 15.2. The number of nitrogens with one attached hydrogen (secondary N) is 1. The number of hydrogen-bond acceptors (Lipinski definition) is 4. The van der Waals surface area contributed by atoms with Crippen molar-refractivity contribution in [1.82, 2.24) is 4.90 Å². The van der Waals surface area contributed by atoms with Crippen molar-refractivity contribution in [2.24, 2.45) is 5.73 Å². The summed E-state index contributed by atoms with van der Waals surface area (Å²) in [4.78, 5) is 25.8. The second-order valence-corrected chi connectivity index (χ2v) is 6.79. The van der Waals surface area contributed by atoms with Crippen LogP contribution in [0.4, 0.5) is 18.9 Å². The van der Waals surface area contributed by atoms with Crippen LogP contribution in [0.2, 0.25) is 0 Å². The highest BCUT2D eigenvalue weighted by Gasteiger charge is 2.25. The molecule has 0 fully saturated rings. The molecule has 1 unspecified atom stereocenters. The first-order valence-corrected chi connectivity index (χ1v) is 8.74. The van der Waals surface area contributed by atoms with Gasteiger partial charge in [-0.25, -0.2) is 4.39 Å². The molecule has 0 heterocycles. The molecule has 0 saturated heterocycles. The Labute approximate surface area is 158 Å². The highest BCUT2D eigenvalue weighted by atomic mass is 32.2. The standard InChI is InChI=1S/C18H18F3N3O2S/c1-24(16(17(22)26)11-3-2-4-12(19)9-11)10-15(25)23-13-5-7-14(8-6-13)27-18(20)21/h2-9,16,18H,10H2,1H3,(H2,22,26)(H,23,25). The Morgan fingerprint density at radius 3 is 2.41 bits per heavy atom. The minimum Gasteiger partial charge on any atom is -0.368 e.